The minimum absolute atomic E-state index is 0.135. The van der Waals surface area contributed by atoms with E-state index in [1.54, 1.807) is 6.26 Å². The van der Waals surface area contributed by atoms with E-state index in [0.29, 0.717) is 12.0 Å². The van der Waals surface area contributed by atoms with Crippen LogP contribution in [0, 0.1) is 11.8 Å². The summed E-state index contributed by atoms with van der Waals surface area (Å²) in [5.74, 6) is 3.22. The highest BCUT2D eigenvalue weighted by molar-refractivity contribution is 5.75. The molecule has 3 aliphatic rings. The number of amides is 2. The van der Waals surface area contributed by atoms with Crippen LogP contribution in [0.4, 0.5) is 4.79 Å². The van der Waals surface area contributed by atoms with Crippen LogP contribution in [0.2, 0.25) is 0 Å². The molecule has 2 aliphatic carbocycles. The van der Waals surface area contributed by atoms with Gasteiger partial charge in [-0.2, -0.15) is 0 Å². The van der Waals surface area contributed by atoms with Gasteiger partial charge in [-0.3, -0.25) is 0 Å². The average Bonchev–Trinajstić information content (AvgIpc) is 3.02. The molecule has 4 nitrogen and oxygen atoms in total. The van der Waals surface area contributed by atoms with E-state index >= 15 is 0 Å². The molecule has 3 atom stereocenters. The molecular weight excluding hydrogens is 276 g/mol. The maximum Gasteiger partial charge on any atom is 0.317 e. The summed E-state index contributed by atoms with van der Waals surface area (Å²) >= 11 is 0. The SMILES string of the molecule is O=C(NC1CCCC(C2CC2)C1)N1CCC(c2ccco2)C1. The second-order valence-corrected chi connectivity index (χ2v) is 7.36. The Balaban J connectivity index is 1.29. The largest absolute Gasteiger partial charge is 0.469 e. The highest BCUT2D eigenvalue weighted by Gasteiger charge is 2.36. The molecule has 4 rings (SSSR count). The molecule has 2 saturated carbocycles. The first-order valence-corrected chi connectivity index (χ1v) is 8.88. The van der Waals surface area contributed by atoms with Crippen molar-refractivity contribution in [1.29, 1.82) is 0 Å². The van der Waals surface area contributed by atoms with Gasteiger partial charge < -0.3 is 14.6 Å². The molecule has 2 heterocycles. The Bertz CT molecular complexity index is 509. The highest BCUT2D eigenvalue weighted by Crippen LogP contribution is 2.43. The molecule has 0 spiro atoms. The molecule has 120 valence electrons. The van der Waals surface area contributed by atoms with Gasteiger partial charge in [0.2, 0.25) is 0 Å². The van der Waals surface area contributed by atoms with Gasteiger partial charge in [-0.15, -0.1) is 0 Å². The molecule has 0 bridgehead atoms. The molecule has 1 N–H and O–H groups in total. The van der Waals surface area contributed by atoms with Crippen molar-refractivity contribution in [2.45, 2.75) is 56.9 Å². The standard InChI is InChI=1S/C18H26N2O2/c21-18(19-16-4-1-3-14(11-16)13-6-7-13)20-9-8-15(12-20)17-5-2-10-22-17/h2,5,10,13-16H,1,3-4,6-9,11-12H2,(H,19,21). The molecule has 1 aliphatic heterocycles. The summed E-state index contributed by atoms with van der Waals surface area (Å²) in [6, 6.07) is 4.48. The number of nitrogens with zero attached hydrogens (tertiary/aromatic N) is 1. The van der Waals surface area contributed by atoms with Crippen LogP contribution in [0.1, 0.15) is 56.6 Å². The van der Waals surface area contributed by atoms with Gasteiger partial charge in [0.1, 0.15) is 5.76 Å². The third-order valence-electron chi connectivity index (χ3n) is 5.75. The average molecular weight is 302 g/mol. The number of urea groups is 1. The lowest BCUT2D eigenvalue weighted by Gasteiger charge is -2.31. The quantitative estimate of drug-likeness (QED) is 0.924. The van der Waals surface area contributed by atoms with Gasteiger partial charge in [0.05, 0.1) is 6.26 Å². The summed E-state index contributed by atoms with van der Waals surface area (Å²) in [5.41, 5.74) is 0. The van der Waals surface area contributed by atoms with Crippen LogP contribution in [-0.4, -0.2) is 30.1 Å². The van der Waals surface area contributed by atoms with Crippen LogP contribution < -0.4 is 5.32 Å². The molecule has 1 saturated heterocycles. The lowest BCUT2D eigenvalue weighted by atomic mass is 9.83. The first-order chi connectivity index (χ1) is 10.8. The van der Waals surface area contributed by atoms with E-state index in [1.807, 2.05) is 17.0 Å². The van der Waals surface area contributed by atoms with Crippen LogP contribution in [0.3, 0.4) is 0 Å². The summed E-state index contributed by atoms with van der Waals surface area (Å²) in [6.07, 6.45) is 10.6. The van der Waals surface area contributed by atoms with E-state index in [2.05, 4.69) is 5.32 Å². The van der Waals surface area contributed by atoms with E-state index in [-0.39, 0.29) is 6.03 Å². The van der Waals surface area contributed by atoms with Gasteiger partial charge in [0.25, 0.3) is 0 Å². The fourth-order valence-corrected chi connectivity index (χ4v) is 4.32. The van der Waals surface area contributed by atoms with Crippen LogP contribution in [0.5, 0.6) is 0 Å². The predicted molar refractivity (Wildman–Crippen MR) is 84.6 cm³/mol. The molecule has 0 radical (unpaired) electrons. The topological polar surface area (TPSA) is 45.5 Å². The second kappa shape index (κ2) is 5.98. The van der Waals surface area contributed by atoms with Gasteiger partial charge in [0, 0.05) is 25.0 Å². The number of nitrogens with one attached hydrogen (secondary N) is 1. The van der Waals surface area contributed by atoms with Crippen molar-refractivity contribution in [3.8, 4) is 0 Å². The monoisotopic (exact) mass is 302 g/mol. The Morgan fingerprint density at radius 1 is 1.18 bits per heavy atom. The number of hydrogen-bond acceptors (Lipinski definition) is 2. The number of carbonyl (C=O) groups excluding carboxylic acids is 1. The highest BCUT2D eigenvalue weighted by atomic mass is 16.3. The normalized spacial score (nSPS) is 32.2. The smallest absolute Gasteiger partial charge is 0.317 e. The van der Waals surface area contributed by atoms with E-state index in [9.17, 15) is 4.79 Å². The first kappa shape index (κ1) is 14.2. The van der Waals surface area contributed by atoms with Crippen molar-refractivity contribution in [3.05, 3.63) is 24.2 Å². The Kier molecular flexibility index (Phi) is 3.85. The zero-order valence-corrected chi connectivity index (χ0v) is 13.2. The number of hydrogen-bond donors (Lipinski definition) is 1. The Hall–Kier alpha value is -1.45. The van der Waals surface area contributed by atoms with Crippen LogP contribution in [0.25, 0.3) is 0 Å². The van der Waals surface area contributed by atoms with Crippen molar-refractivity contribution >= 4 is 6.03 Å². The fraction of sp³-hybridized carbons (Fsp3) is 0.722. The molecule has 22 heavy (non-hydrogen) atoms. The zero-order chi connectivity index (χ0) is 14.9. The lowest BCUT2D eigenvalue weighted by Crippen LogP contribution is -2.45. The lowest BCUT2D eigenvalue weighted by molar-refractivity contribution is 0.192. The molecule has 4 heteroatoms. The summed E-state index contributed by atoms with van der Waals surface area (Å²) in [5, 5.41) is 3.30. The van der Waals surface area contributed by atoms with Crippen LogP contribution >= 0.6 is 0 Å². The summed E-state index contributed by atoms with van der Waals surface area (Å²) in [7, 11) is 0. The third kappa shape index (κ3) is 3.01. The van der Waals surface area contributed by atoms with E-state index in [0.717, 1.165) is 43.5 Å². The molecule has 3 fully saturated rings. The molecule has 3 unspecified atom stereocenters. The zero-order valence-electron chi connectivity index (χ0n) is 13.2. The molecule has 1 aromatic rings. The van der Waals surface area contributed by atoms with Gasteiger partial charge in [-0.05, 0) is 56.1 Å². The Morgan fingerprint density at radius 3 is 2.86 bits per heavy atom. The van der Waals surface area contributed by atoms with Crippen molar-refractivity contribution in [3.63, 3.8) is 0 Å². The van der Waals surface area contributed by atoms with Crippen molar-refractivity contribution in [1.82, 2.24) is 10.2 Å². The third-order valence-corrected chi connectivity index (χ3v) is 5.75. The molecular formula is C18H26N2O2. The van der Waals surface area contributed by atoms with E-state index < -0.39 is 0 Å². The maximum atomic E-state index is 12.5. The molecule has 2 amide bonds. The van der Waals surface area contributed by atoms with Gasteiger partial charge in [0.15, 0.2) is 0 Å². The van der Waals surface area contributed by atoms with Gasteiger partial charge in [-0.25, -0.2) is 4.79 Å². The first-order valence-electron chi connectivity index (χ1n) is 8.88. The fourth-order valence-electron chi connectivity index (χ4n) is 4.32. The van der Waals surface area contributed by atoms with Gasteiger partial charge >= 0.3 is 6.03 Å². The van der Waals surface area contributed by atoms with Crippen molar-refractivity contribution < 1.29 is 9.21 Å². The number of carbonyl (C=O) groups is 1. The number of rotatable bonds is 3. The van der Waals surface area contributed by atoms with Crippen molar-refractivity contribution in [2.24, 2.45) is 11.8 Å². The summed E-state index contributed by atoms with van der Waals surface area (Å²) in [6.45, 7) is 1.63. The Morgan fingerprint density at radius 2 is 2.09 bits per heavy atom. The van der Waals surface area contributed by atoms with E-state index in [1.165, 1.54) is 32.1 Å². The predicted octanol–water partition coefficient (Wildman–Crippen LogP) is 3.75. The number of likely N-dealkylation sites (tertiary alicyclic amines) is 1. The van der Waals surface area contributed by atoms with Gasteiger partial charge in [-0.1, -0.05) is 12.8 Å². The summed E-state index contributed by atoms with van der Waals surface area (Å²) < 4.78 is 5.48. The van der Waals surface area contributed by atoms with Crippen molar-refractivity contribution in [2.75, 3.05) is 13.1 Å². The maximum absolute atomic E-state index is 12.5. The summed E-state index contributed by atoms with van der Waals surface area (Å²) in [4.78, 5) is 14.5. The molecule has 0 aromatic carbocycles. The minimum Gasteiger partial charge on any atom is -0.469 e. The minimum atomic E-state index is 0.135. The Labute approximate surface area is 132 Å². The molecule has 1 aromatic heterocycles. The van der Waals surface area contributed by atoms with E-state index in [4.69, 9.17) is 4.42 Å². The number of furan rings is 1. The van der Waals surface area contributed by atoms with Crippen LogP contribution in [0.15, 0.2) is 22.8 Å². The van der Waals surface area contributed by atoms with Crippen LogP contribution in [-0.2, 0) is 0 Å². The second-order valence-electron chi connectivity index (χ2n) is 7.36.